The lowest BCUT2D eigenvalue weighted by Crippen LogP contribution is -2.38. The van der Waals surface area contributed by atoms with Gasteiger partial charge in [0.05, 0.1) is 12.6 Å². The second-order valence-corrected chi connectivity index (χ2v) is 4.33. The highest BCUT2D eigenvalue weighted by Gasteiger charge is 2.04. The van der Waals surface area contributed by atoms with Crippen molar-refractivity contribution in [1.82, 2.24) is 10.6 Å². The van der Waals surface area contributed by atoms with Gasteiger partial charge in [0.1, 0.15) is 0 Å². The van der Waals surface area contributed by atoms with Crippen molar-refractivity contribution in [2.75, 3.05) is 26.7 Å². The maximum atomic E-state index is 5.79. The molecule has 0 heterocycles. The van der Waals surface area contributed by atoms with Gasteiger partial charge in [-0.15, -0.1) is 30.4 Å². The summed E-state index contributed by atoms with van der Waals surface area (Å²) in [6, 6.07) is 10.2. The van der Waals surface area contributed by atoms with E-state index in [2.05, 4.69) is 40.6 Å². The van der Waals surface area contributed by atoms with Crippen LogP contribution < -0.4 is 10.6 Å². The molecule has 116 valence electrons. The van der Waals surface area contributed by atoms with Gasteiger partial charge in [-0.1, -0.05) is 36.3 Å². The number of aliphatic imine (C=N–C) groups is 1. The number of benzene rings is 1. The SMILES string of the molecule is C#CCNC(=NC)NCCCOC(C)c1ccccc1.I. The summed E-state index contributed by atoms with van der Waals surface area (Å²) in [5.74, 6) is 3.23. The Labute approximate surface area is 144 Å². The van der Waals surface area contributed by atoms with Crippen LogP contribution in [0, 0.1) is 12.3 Å². The molecule has 0 aromatic heterocycles. The third-order valence-corrected chi connectivity index (χ3v) is 2.83. The normalized spacial score (nSPS) is 12.0. The second-order valence-electron chi connectivity index (χ2n) is 4.33. The fraction of sp³-hybridized carbons (Fsp3) is 0.438. The predicted molar refractivity (Wildman–Crippen MR) is 99.0 cm³/mol. The van der Waals surface area contributed by atoms with Crippen molar-refractivity contribution >= 4 is 29.9 Å². The van der Waals surface area contributed by atoms with Gasteiger partial charge in [-0.25, -0.2) is 0 Å². The average Bonchev–Trinajstić information content (AvgIpc) is 2.50. The Kier molecular flexibility index (Phi) is 11.7. The van der Waals surface area contributed by atoms with Crippen LogP contribution in [0.25, 0.3) is 0 Å². The predicted octanol–water partition coefficient (Wildman–Crippen LogP) is 2.57. The number of guanidine groups is 1. The minimum atomic E-state index is 0. The first-order valence-corrected chi connectivity index (χ1v) is 6.82. The van der Waals surface area contributed by atoms with Crippen LogP contribution in [0.3, 0.4) is 0 Å². The number of nitrogens with zero attached hydrogens (tertiary/aromatic N) is 1. The Hall–Kier alpha value is -1.26. The summed E-state index contributed by atoms with van der Waals surface area (Å²) < 4.78 is 5.79. The number of hydrogen-bond donors (Lipinski definition) is 2. The number of nitrogens with one attached hydrogen (secondary N) is 2. The van der Waals surface area contributed by atoms with Crippen LogP contribution >= 0.6 is 24.0 Å². The lowest BCUT2D eigenvalue weighted by molar-refractivity contribution is 0.0646. The van der Waals surface area contributed by atoms with E-state index in [9.17, 15) is 0 Å². The molecular weight excluding hydrogens is 377 g/mol. The monoisotopic (exact) mass is 401 g/mol. The van der Waals surface area contributed by atoms with Gasteiger partial charge in [-0.05, 0) is 18.9 Å². The van der Waals surface area contributed by atoms with E-state index in [-0.39, 0.29) is 30.1 Å². The highest BCUT2D eigenvalue weighted by atomic mass is 127. The van der Waals surface area contributed by atoms with E-state index in [1.54, 1.807) is 7.05 Å². The van der Waals surface area contributed by atoms with Gasteiger partial charge in [0.25, 0.3) is 0 Å². The van der Waals surface area contributed by atoms with E-state index in [1.165, 1.54) is 5.56 Å². The zero-order valence-electron chi connectivity index (χ0n) is 12.6. The minimum absolute atomic E-state index is 0. The molecule has 0 amide bonds. The zero-order valence-corrected chi connectivity index (χ0v) is 15.0. The smallest absolute Gasteiger partial charge is 0.191 e. The highest BCUT2D eigenvalue weighted by molar-refractivity contribution is 14.0. The van der Waals surface area contributed by atoms with Gasteiger partial charge in [0.2, 0.25) is 0 Å². The van der Waals surface area contributed by atoms with Gasteiger partial charge < -0.3 is 15.4 Å². The summed E-state index contributed by atoms with van der Waals surface area (Å²) in [5.41, 5.74) is 1.20. The van der Waals surface area contributed by atoms with Crippen LogP contribution in [0.5, 0.6) is 0 Å². The van der Waals surface area contributed by atoms with Crippen molar-refractivity contribution < 1.29 is 4.74 Å². The number of rotatable bonds is 7. The largest absolute Gasteiger partial charge is 0.374 e. The van der Waals surface area contributed by atoms with Crippen LogP contribution in [-0.4, -0.2) is 32.7 Å². The average molecular weight is 401 g/mol. The number of terminal acetylenes is 1. The fourth-order valence-electron chi connectivity index (χ4n) is 1.71. The first-order valence-electron chi connectivity index (χ1n) is 6.82. The van der Waals surface area contributed by atoms with E-state index in [0.29, 0.717) is 13.2 Å². The van der Waals surface area contributed by atoms with Gasteiger partial charge >= 0.3 is 0 Å². The van der Waals surface area contributed by atoms with Crippen LogP contribution in [-0.2, 0) is 4.74 Å². The van der Waals surface area contributed by atoms with E-state index in [0.717, 1.165) is 18.9 Å². The molecule has 2 N–H and O–H groups in total. The van der Waals surface area contributed by atoms with Crippen molar-refractivity contribution in [3.63, 3.8) is 0 Å². The molecule has 1 aromatic rings. The molecule has 1 rings (SSSR count). The Morgan fingerprint density at radius 1 is 1.33 bits per heavy atom. The summed E-state index contributed by atoms with van der Waals surface area (Å²) >= 11 is 0. The standard InChI is InChI=1S/C16H23N3O.HI/c1-4-11-18-16(17-3)19-12-8-13-20-14(2)15-9-6-5-7-10-15;/h1,5-7,9-10,14H,8,11-13H2,2-3H3,(H2,17,18,19);1H. The van der Waals surface area contributed by atoms with Crippen molar-refractivity contribution in [3.05, 3.63) is 35.9 Å². The first kappa shape index (κ1) is 19.7. The lowest BCUT2D eigenvalue weighted by atomic mass is 10.1. The van der Waals surface area contributed by atoms with Crippen molar-refractivity contribution in [3.8, 4) is 12.3 Å². The Morgan fingerprint density at radius 2 is 2.05 bits per heavy atom. The van der Waals surface area contributed by atoms with Crippen LogP contribution in [0.2, 0.25) is 0 Å². The molecule has 0 aliphatic rings. The Bertz CT molecular complexity index is 443. The molecule has 1 unspecified atom stereocenters. The van der Waals surface area contributed by atoms with E-state index < -0.39 is 0 Å². The molecule has 21 heavy (non-hydrogen) atoms. The van der Waals surface area contributed by atoms with Crippen molar-refractivity contribution in [2.24, 2.45) is 4.99 Å². The highest BCUT2D eigenvalue weighted by Crippen LogP contribution is 2.15. The molecule has 0 saturated heterocycles. The third kappa shape index (κ3) is 8.58. The summed E-state index contributed by atoms with van der Waals surface area (Å²) in [6.45, 7) is 4.04. The molecule has 0 spiro atoms. The lowest BCUT2D eigenvalue weighted by Gasteiger charge is -2.14. The Balaban J connectivity index is 0.00000400. The molecule has 0 radical (unpaired) electrons. The molecule has 1 atom stereocenters. The molecule has 1 aromatic carbocycles. The van der Waals surface area contributed by atoms with Crippen LogP contribution in [0.15, 0.2) is 35.3 Å². The van der Waals surface area contributed by atoms with E-state index in [4.69, 9.17) is 11.2 Å². The topological polar surface area (TPSA) is 45.7 Å². The minimum Gasteiger partial charge on any atom is -0.374 e. The summed E-state index contributed by atoms with van der Waals surface area (Å²) in [5, 5.41) is 6.19. The first-order chi connectivity index (χ1) is 9.77. The molecule has 4 nitrogen and oxygen atoms in total. The summed E-state index contributed by atoms with van der Waals surface area (Å²) in [4.78, 5) is 4.06. The van der Waals surface area contributed by atoms with Crippen molar-refractivity contribution in [2.45, 2.75) is 19.4 Å². The number of ether oxygens (including phenoxy) is 1. The Morgan fingerprint density at radius 3 is 2.67 bits per heavy atom. The van der Waals surface area contributed by atoms with Gasteiger partial charge in [0.15, 0.2) is 5.96 Å². The molecule has 0 aliphatic heterocycles. The van der Waals surface area contributed by atoms with Gasteiger partial charge in [0, 0.05) is 20.2 Å². The summed E-state index contributed by atoms with van der Waals surface area (Å²) in [6.07, 6.45) is 6.21. The maximum absolute atomic E-state index is 5.79. The molecule has 5 heteroatoms. The quantitative estimate of drug-likeness (QED) is 0.243. The van der Waals surface area contributed by atoms with Crippen LogP contribution in [0.4, 0.5) is 0 Å². The maximum Gasteiger partial charge on any atom is 0.191 e. The van der Waals surface area contributed by atoms with Crippen molar-refractivity contribution in [1.29, 1.82) is 0 Å². The number of halogens is 1. The fourth-order valence-corrected chi connectivity index (χ4v) is 1.71. The second kappa shape index (κ2) is 12.5. The van der Waals surface area contributed by atoms with Crippen LogP contribution in [0.1, 0.15) is 25.0 Å². The van der Waals surface area contributed by atoms with Gasteiger partial charge in [-0.2, -0.15) is 0 Å². The molecule has 0 aliphatic carbocycles. The molecule has 0 fully saturated rings. The van der Waals surface area contributed by atoms with E-state index in [1.807, 2.05) is 18.2 Å². The van der Waals surface area contributed by atoms with Gasteiger partial charge in [-0.3, -0.25) is 4.99 Å². The molecular formula is C16H24IN3O. The number of hydrogen-bond acceptors (Lipinski definition) is 2. The molecule has 0 saturated carbocycles. The molecule has 0 bridgehead atoms. The third-order valence-electron chi connectivity index (χ3n) is 2.83. The van der Waals surface area contributed by atoms with E-state index >= 15 is 0 Å². The zero-order chi connectivity index (χ0) is 14.6. The summed E-state index contributed by atoms with van der Waals surface area (Å²) in [7, 11) is 1.72.